The van der Waals surface area contributed by atoms with Crippen molar-refractivity contribution in [2.24, 2.45) is 5.73 Å². The van der Waals surface area contributed by atoms with Gasteiger partial charge in [-0.3, -0.25) is 4.79 Å². The zero-order valence-electron chi connectivity index (χ0n) is 11.4. The maximum Gasteiger partial charge on any atom is 0.231 e. The minimum absolute atomic E-state index is 0.121. The zero-order valence-corrected chi connectivity index (χ0v) is 11.4. The second kappa shape index (κ2) is 6.68. The minimum Gasteiger partial charge on any atom is -0.375 e. The molecule has 2 N–H and O–H groups in total. The Kier molecular flexibility index (Phi) is 4.93. The average Bonchev–Trinajstić information content (AvgIpc) is 2.49. The highest BCUT2D eigenvalue weighted by atomic mass is 16.5. The summed E-state index contributed by atoms with van der Waals surface area (Å²) in [5.74, 6) is -0.118. The lowest BCUT2D eigenvalue weighted by Gasteiger charge is -2.34. The standard InChI is InChI=1S/C15H22N2O2/c1-2-13-11-17(8-9-19-13)15(18)14(10-16)12-6-4-3-5-7-12/h3-7,13-14H,2,8-11,16H2,1H3/t13-,14+/m1/s1. The molecule has 4 nitrogen and oxygen atoms in total. The van der Waals surface area contributed by atoms with Gasteiger partial charge in [0.1, 0.15) is 0 Å². The predicted molar refractivity (Wildman–Crippen MR) is 74.8 cm³/mol. The van der Waals surface area contributed by atoms with Crippen molar-refractivity contribution in [3.05, 3.63) is 35.9 Å². The number of carbonyl (C=O) groups is 1. The van der Waals surface area contributed by atoms with Crippen LogP contribution in [-0.2, 0) is 9.53 Å². The number of morpholine rings is 1. The number of carbonyl (C=O) groups excluding carboxylic acids is 1. The lowest BCUT2D eigenvalue weighted by atomic mass is 9.97. The van der Waals surface area contributed by atoms with Crippen molar-refractivity contribution in [3.8, 4) is 0 Å². The molecule has 0 bridgehead atoms. The number of rotatable bonds is 4. The molecule has 2 atom stereocenters. The highest BCUT2D eigenvalue weighted by molar-refractivity contribution is 5.84. The van der Waals surface area contributed by atoms with Gasteiger partial charge in [-0.1, -0.05) is 37.3 Å². The van der Waals surface area contributed by atoms with Crippen molar-refractivity contribution in [3.63, 3.8) is 0 Å². The molecule has 1 saturated heterocycles. The lowest BCUT2D eigenvalue weighted by Crippen LogP contribution is -2.48. The van der Waals surface area contributed by atoms with Gasteiger partial charge in [-0.05, 0) is 12.0 Å². The third-order valence-electron chi connectivity index (χ3n) is 3.64. The van der Waals surface area contributed by atoms with Crippen LogP contribution in [0.15, 0.2) is 30.3 Å². The normalized spacial score (nSPS) is 21.2. The fraction of sp³-hybridized carbons (Fsp3) is 0.533. The van der Waals surface area contributed by atoms with Crippen molar-refractivity contribution in [2.75, 3.05) is 26.2 Å². The zero-order chi connectivity index (χ0) is 13.7. The Hall–Kier alpha value is -1.39. The summed E-state index contributed by atoms with van der Waals surface area (Å²) in [6.07, 6.45) is 1.09. The molecule has 104 valence electrons. The van der Waals surface area contributed by atoms with Crippen LogP contribution in [0.5, 0.6) is 0 Å². The lowest BCUT2D eigenvalue weighted by molar-refractivity contribution is -0.140. The maximum atomic E-state index is 12.6. The monoisotopic (exact) mass is 262 g/mol. The van der Waals surface area contributed by atoms with E-state index in [1.807, 2.05) is 35.2 Å². The number of nitrogens with zero attached hydrogens (tertiary/aromatic N) is 1. The van der Waals surface area contributed by atoms with Crippen LogP contribution in [0.1, 0.15) is 24.8 Å². The molecule has 1 aromatic rings. The Morgan fingerprint density at radius 2 is 2.21 bits per heavy atom. The Morgan fingerprint density at radius 1 is 1.47 bits per heavy atom. The summed E-state index contributed by atoms with van der Waals surface area (Å²) in [6.45, 7) is 4.39. The van der Waals surface area contributed by atoms with E-state index < -0.39 is 0 Å². The number of hydrogen-bond donors (Lipinski definition) is 1. The first-order chi connectivity index (χ1) is 9.26. The first kappa shape index (κ1) is 14.0. The summed E-state index contributed by atoms with van der Waals surface area (Å²) < 4.78 is 5.60. The third-order valence-corrected chi connectivity index (χ3v) is 3.64. The van der Waals surface area contributed by atoms with E-state index in [0.717, 1.165) is 12.0 Å². The van der Waals surface area contributed by atoms with Crippen molar-refractivity contribution in [1.29, 1.82) is 0 Å². The molecule has 1 heterocycles. The molecule has 1 fully saturated rings. The number of ether oxygens (including phenoxy) is 1. The molecule has 0 radical (unpaired) electrons. The van der Waals surface area contributed by atoms with Gasteiger partial charge in [0.2, 0.25) is 5.91 Å². The van der Waals surface area contributed by atoms with Crippen LogP contribution in [0.4, 0.5) is 0 Å². The molecule has 4 heteroatoms. The van der Waals surface area contributed by atoms with E-state index in [1.54, 1.807) is 0 Å². The molecule has 2 rings (SSSR count). The van der Waals surface area contributed by atoms with Crippen molar-refractivity contribution < 1.29 is 9.53 Å². The van der Waals surface area contributed by atoms with E-state index in [2.05, 4.69) is 6.92 Å². The SMILES string of the molecule is CC[C@@H]1CN(C(=O)[C@@H](CN)c2ccccc2)CCO1. The fourth-order valence-electron chi connectivity index (χ4n) is 2.45. The van der Waals surface area contributed by atoms with Crippen LogP contribution in [0, 0.1) is 0 Å². The topological polar surface area (TPSA) is 55.6 Å². The highest BCUT2D eigenvalue weighted by Gasteiger charge is 2.28. The average molecular weight is 262 g/mol. The highest BCUT2D eigenvalue weighted by Crippen LogP contribution is 2.19. The van der Waals surface area contributed by atoms with Crippen LogP contribution in [-0.4, -0.2) is 43.2 Å². The number of hydrogen-bond acceptors (Lipinski definition) is 3. The Morgan fingerprint density at radius 3 is 2.84 bits per heavy atom. The summed E-state index contributed by atoms with van der Waals surface area (Å²) in [6, 6.07) is 9.77. The fourth-order valence-corrected chi connectivity index (χ4v) is 2.45. The Labute approximate surface area is 114 Å². The molecular weight excluding hydrogens is 240 g/mol. The van der Waals surface area contributed by atoms with E-state index in [1.165, 1.54) is 0 Å². The second-order valence-electron chi connectivity index (χ2n) is 4.88. The third kappa shape index (κ3) is 3.33. The van der Waals surface area contributed by atoms with Gasteiger partial charge in [0.05, 0.1) is 18.6 Å². The molecule has 1 aliphatic rings. The molecule has 19 heavy (non-hydrogen) atoms. The summed E-state index contributed by atoms with van der Waals surface area (Å²) in [7, 11) is 0. The summed E-state index contributed by atoms with van der Waals surface area (Å²) in [5.41, 5.74) is 6.80. The summed E-state index contributed by atoms with van der Waals surface area (Å²) >= 11 is 0. The molecule has 1 aliphatic heterocycles. The molecule has 0 saturated carbocycles. The van der Waals surface area contributed by atoms with E-state index in [4.69, 9.17) is 10.5 Å². The molecule has 0 aliphatic carbocycles. The molecule has 0 spiro atoms. The van der Waals surface area contributed by atoms with Crippen LogP contribution >= 0.6 is 0 Å². The van der Waals surface area contributed by atoms with Crippen LogP contribution in [0.25, 0.3) is 0 Å². The van der Waals surface area contributed by atoms with E-state index >= 15 is 0 Å². The maximum absolute atomic E-state index is 12.6. The predicted octanol–water partition coefficient (Wildman–Crippen LogP) is 1.37. The van der Waals surface area contributed by atoms with Crippen molar-refractivity contribution in [1.82, 2.24) is 4.90 Å². The molecule has 0 unspecified atom stereocenters. The summed E-state index contributed by atoms with van der Waals surface area (Å²) in [5, 5.41) is 0. The van der Waals surface area contributed by atoms with Gasteiger partial charge in [-0.25, -0.2) is 0 Å². The molecule has 0 aromatic heterocycles. The first-order valence-corrected chi connectivity index (χ1v) is 6.91. The summed E-state index contributed by atoms with van der Waals surface area (Å²) in [4.78, 5) is 14.5. The molecule has 1 aromatic carbocycles. The molecule has 1 amide bonds. The van der Waals surface area contributed by atoms with Gasteiger partial charge >= 0.3 is 0 Å². The quantitative estimate of drug-likeness (QED) is 0.891. The number of nitrogens with two attached hydrogens (primary N) is 1. The van der Waals surface area contributed by atoms with E-state index in [-0.39, 0.29) is 17.9 Å². The Bertz CT molecular complexity index is 408. The Balaban J connectivity index is 2.08. The van der Waals surface area contributed by atoms with Gasteiger partial charge in [0.25, 0.3) is 0 Å². The van der Waals surface area contributed by atoms with Crippen LogP contribution in [0.3, 0.4) is 0 Å². The van der Waals surface area contributed by atoms with Gasteiger partial charge in [-0.2, -0.15) is 0 Å². The van der Waals surface area contributed by atoms with Gasteiger partial charge < -0.3 is 15.4 Å². The smallest absolute Gasteiger partial charge is 0.231 e. The van der Waals surface area contributed by atoms with Gasteiger partial charge in [-0.15, -0.1) is 0 Å². The van der Waals surface area contributed by atoms with Crippen molar-refractivity contribution >= 4 is 5.91 Å². The minimum atomic E-state index is -0.239. The number of amides is 1. The van der Waals surface area contributed by atoms with Crippen molar-refractivity contribution in [2.45, 2.75) is 25.4 Å². The van der Waals surface area contributed by atoms with Gasteiger partial charge in [0.15, 0.2) is 0 Å². The van der Waals surface area contributed by atoms with Crippen LogP contribution < -0.4 is 5.73 Å². The molecular formula is C15H22N2O2. The van der Waals surface area contributed by atoms with Gasteiger partial charge in [0, 0.05) is 19.6 Å². The largest absolute Gasteiger partial charge is 0.375 e. The first-order valence-electron chi connectivity index (χ1n) is 6.91. The number of benzene rings is 1. The second-order valence-corrected chi connectivity index (χ2v) is 4.88. The van der Waals surface area contributed by atoms with E-state index in [0.29, 0.717) is 26.2 Å². The van der Waals surface area contributed by atoms with Crippen LogP contribution in [0.2, 0.25) is 0 Å². The van der Waals surface area contributed by atoms with E-state index in [9.17, 15) is 4.79 Å².